The molecule has 0 bridgehead atoms. The maximum absolute atomic E-state index is 12.1. The molecule has 0 aliphatic carbocycles. The average molecular weight is 335 g/mol. The Labute approximate surface area is 145 Å². The molecule has 1 aromatic heterocycles. The molecule has 25 heavy (non-hydrogen) atoms. The molecule has 2 aromatic carbocycles. The van der Waals surface area contributed by atoms with Crippen LogP contribution in [0.5, 0.6) is 0 Å². The fraction of sp³-hybridized carbons (Fsp3) is 0.105. The summed E-state index contributed by atoms with van der Waals surface area (Å²) >= 11 is 0. The van der Waals surface area contributed by atoms with E-state index in [9.17, 15) is 9.59 Å². The Kier molecular flexibility index (Phi) is 4.89. The van der Waals surface area contributed by atoms with E-state index >= 15 is 0 Å². The van der Waals surface area contributed by atoms with Crippen molar-refractivity contribution in [2.75, 3.05) is 12.4 Å². The quantitative estimate of drug-likeness (QED) is 0.728. The van der Waals surface area contributed by atoms with Crippen molar-refractivity contribution in [3.8, 4) is 11.1 Å². The number of rotatable bonds is 5. The summed E-state index contributed by atoms with van der Waals surface area (Å²) in [7, 11) is 1.33. The number of nitrogens with zero attached hydrogens (tertiary/aromatic N) is 2. The fourth-order valence-electron chi connectivity index (χ4n) is 2.38. The van der Waals surface area contributed by atoms with Crippen molar-refractivity contribution in [1.29, 1.82) is 0 Å². The number of esters is 1. The molecule has 0 aliphatic heterocycles. The highest BCUT2D eigenvalue weighted by Crippen LogP contribution is 2.17. The second kappa shape index (κ2) is 7.44. The van der Waals surface area contributed by atoms with Crippen LogP contribution < -0.4 is 5.32 Å². The van der Waals surface area contributed by atoms with Crippen molar-refractivity contribution >= 4 is 17.6 Å². The Hall–Kier alpha value is -3.41. The molecule has 6 nitrogen and oxygen atoms in total. The number of amides is 1. The predicted octanol–water partition coefficient (Wildman–Crippen LogP) is 2.98. The Morgan fingerprint density at radius 3 is 2.44 bits per heavy atom. The highest BCUT2D eigenvalue weighted by atomic mass is 16.5. The van der Waals surface area contributed by atoms with Gasteiger partial charge in [-0.1, -0.05) is 30.3 Å². The molecule has 0 saturated heterocycles. The molecule has 0 atom stereocenters. The second-order valence-electron chi connectivity index (χ2n) is 5.41. The number of anilines is 1. The molecule has 6 heteroatoms. The maximum Gasteiger partial charge on any atom is 0.337 e. The van der Waals surface area contributed by atoms with Crippen LogP contribution in [0.4, 0.5) is 5.69 Å². The van der Waals surface area contributed by atoms with Crippen LogP contribution in [0.25, 0.3) is 11.1 Å². The van der Waals surface area contributed by atoms with Crippen LogP contribution in [-0.4, -0.2) is 28.8 Å². The number of benzene rings is 2. The molecule has 0 aliphatic rings. The summed E-state index contributed by atoms with van der Waals surface area (Å²) < 4.78 is 6.22. The molecule has 0 spiro atoms. The zero-order valence-corrected chi connectivity index (χ0v) is 13.7. The summed E-state index contributed by atoms with van der Waals surface area (Å²) in [5.41, 5.74) is 3.04. The first-order valence-corrected chi connectivity index (χ1v) is 7.72. The van der Waals surface area contributed by atoms with Gasteiger partial charge in [0.2, 0.25) is 5.91 Å². The van der Waals surface area contributed by atoms with E-state index in [1.165, 1.54) is 7.11 Å². The van der Waals surface area contributed by atoms with Crippen molar-refractivity contribution in [1.82, 2.24) is 9.78 Å². The third kappa shape index (κ3) is 4.11. The average Bonchev–Trinajstić information content (AvgIpc) is 3.10. The van der Waals surface area contributed by atoms with Gasteiger partial charge >= 0.3 is 5.97 Å². The first-order valence-electron chi connectivity index (χ1n) is 7.72. The van der Waals surface area contributed by atoms with Gasteiger partial charge in [-0.15, -0.1) is 0 Å². The SMILES string of the molecule is COC(=O)c1ccc(NC(=O)Cn2cc(-c3ccccc3)cn2)cc1. The van der Waals surface area contributed by atoms with Crippen molar-refractivity contribution in [3.63, 3.8) is 0 Å². The molecular weight excluding hydrogens is 318 g/mol. The molecule has 0 saturated carbocycles. The van der Waals surface area contributed by atoms with Gasteiger partial charge in [0.05, 0.1) is 18.9 Å². The first-order chi connectivity index (χ1) is 12.2. The number of ether oxygens (including phenoxy) is 1. The summed E-state index contributed by atoms with van der Waals surface area (Å²) in [6.45, 7) is 0.103. The Balaban J connectivity index is 1.61. The van der Waals surface area contributed by atoms with Crippen LogP contribution in [0.1, 0.15) is 10.4 Å². The van der Waals surface area contributed by atoms with E-state index in [0.29, 0.717) is 11.3 Å². The zero-order chi connectivity index (χ0) is 17.6. The van der Waals surface area contributed by atoms with E-state index < -0.39 is 5.97 Å². The minimum atomic E-state index is -0.414. The van der Waals surface area contributed by atoms with E-state index in [0.717, 1.165) is 11.1 Å². The van der Waals surface area contributed by atoms with Crippen LogP contribution >= 0.6 is 0 Å². The standard InChI is InChI=1S/C19H17N3O3/c1-25-19(24)15-7-9-17(10-8-15)21-18(23)13-22-12-16(11-20-22)14-5-3-2-4-6-14/h2-12H,13H2,1H3,(H,21,23). The monoisotopic (exact) mass is 335 g/mol. The van der Waals surface area contributed by atoms with Gasteiger partial charge in [0.25, 0.3) is 0 Å². The molecule has 0 unspecified atom stereocenters. The number of carbonyl (C=O) groups is 2. The lowest BCUT2D eigenvalue weighted by molar-refractivity contribution is -0.116. The van der Waals surface area contributed by atoms with E-state index in [4.69, 9.17) is 0 Å². The molecule has 3 rings (SSSR count). The van der Waals surface area contributed by atoms with E-state index in [2.05, 4.69) is 15.2 Å². The highest BCUT2D eigenvalue weighted by molar-refractivity contribution is 5.92. The predicted molar refractivity (Wildman–Crippen MR) is 94.1 cm³/mol. The first kappa shape index (κ1) is 16.4. The summed E-state index contributed by atoms with van der Waals surface area (Å²) in [5, 5.41) is 6.99. The molecule has 126 valence electrons. The number of nitrogens with one attached hydrogen (secondary N) is 1. The van der Waals surface area contributed by atoms with Gasteiger partial charge in [-0.3, -0.25) is 9.48 Å². The maximum atomic E-state index is 12.1. The molecule has 1 heterocycles. The van der Waals surface area contributed by atoms with Gasteiger partial charge in [0, 0.05) is 17.4 Å². The van der Waals surface area contributed by atoms with Crippen molar-refractivity contribution in [3.05, 3.63) is 72.6 Å². The van der Waals surface area contributed by atoms with Crippen molar-refractivity contribution in [2.24, 2.45) is 0 Å². The lowest BCUT2D eigenvalue weighted by Crippen LogP contribution is -2.19. The van der Waals surface area contributed by atoms with Crippen molar-refractivity contribution < 1.29 is 14.3 Å². The smallest absolute Gasteiger partial charge is 0.337 e. The summed E-state index contributed by atoms with van der Waals surface area (Å²) in [5.74, 6) is -0.614. The lowest BCUT2D eigenvalue weighted by atomic mass is 10.1. The normalized spacial score (nSPS) is 10.3. The number of hydrogen-bond donors (Lipinski definition) is 1. The topological polar surface area (TPSA) is 73.2 Å². The molecular formula is C19H17N3O3. The number of hydrogen-bond acceptors (Lipinski definition) is 4. The molecule has 1 amide bonds. The lowest BCUT2D eigenvalue weighted by Gasteiger charge is -2.06. The van der Waals surface area contributed by atoms with Gasteiger partial charge in [-0.2, -0.15) is 5.10 Å². The number of aromatic nitrogens is 2. The van der Waals surface area contributed by atoms with Crippen molar-refractivity contribution in [2.45, 2.75) is 6.54 Å². The zero-order valence-electron chi connectivity index (χ0n) is 13.7. The fourth-order valence-corrected chi connectivity index (χ4v) is 2.38. The Morgan fingerprint density at radius 1 is 1.04 bits per heavy atom. The Morgan fingerprint density at radius 2 is 1.76 bits per heavy atom. The number of carbonyl (C=O) groups excluding carboxylic acids is 2. The molecule has 1 N–H and O–H groups in total. The minimum Gasteiger partial charge on any atom is -0.465 e. The highest BCUT2D eigenvalue weighted by Gasteiger charge is 2.08. The van der Waals surface area contributed by atoms with Gasteiger partial charge in [-0.25, -0.2) is 4.79 Å². The molecule has 0 radical (unpaired) electrons. The largest absolute Gasteiger partial charge is 0.465 e. The second-order valence-corrected chi connectivity index (χ2v) is 5.41. The van der Waals surface area contributed by atoms with Gasteiger partial charge in [0.15, 0.2) is 0 Å². The van der Waals surface area contributed by atoms with Gasteiger partial charge in [0.1, 0.15) is 6.54 Å². The molecule has 3 aromatic rings. The van der Waals surface area contributed by atoms with E-state index in [1.807, 2.05) is 36.5 Å². The summed E-state index contributed by atoms with van der Waals surface area (Å²) in [6, 6.07) is 16.4. The summed E-state index contributed by atoms with van der Waals surface area (Å²) in [6.07, 6.45) is 3.56. The van der Waals surface area contributed by atoms with Crippen LogP contribution in [-0.2, 0) is 16.1 Å². The van der Waals surface area contributed by atoms with Crippen LogP contribution in [0.15, 0.2) is 67.0 Å². The van der Waals surface area contributed by atoms with Crippen LogP contribution in [0.3, 0.4) is 0 Å². The van der Waals surface area contributed by atoms with Gasteiger partial charge < -0.3 is 10.1 Å². The third-order valence-corrected chi connectivity index (χ3v) is 3.64. The van der Waals surface area contributed by atoms with Crippen LogP contribution in [0, 0.1) is 0 Å². The van der Waals surface area contributed by atoms with Gasteiger partial charge in [-0.05, 0) is 29.8 Å². The molecule has 0 fully saturated rings. The number of methoxy groups -OCH3 is 1. The third-order valence-electron chi connectivity index (χ3n) is 3.64. The van der Waals surface area contributed by atoms with Crippen LogP contribution in [0.2, 0.25) is 0 Å². The summed E-state index contributed by atoms with van der Waals surface area (Å²) in [4.78, 5) is 23.5. The van der Waals surface area contributed by atoms with E-state index in [-0.39, 0.29) is 12.5 Å². The minimum absolute atomic E-state index is 0.103. The van der Waals surface area contributed by atoms with E-state index in [1.54, 1.807) is 35.1 Å². The Bertz CT molecular complexity index is 870.